The number of aromatic nitrogens is 2. The van der Waals surface area contributed by atoms with E-state index in [1.54, 1.807) is 12.1 Å². The van der Waals surface area contributed by atoms with Gasteiger partial charge in [0.15, 0.2) is 5.82 Å². The number of sulfonamides is 1. The molecule has 0 spiro atoms. The summed E-state index contributed by atoms with van der Waals surface area (Å²) in [4.78, 5) is 19.8. The van der Waals surface area contributed by atoms with Gasteiger partial charge in [0, 0.05) is 30.5 Å². The molecule has 1 amide bonds. The lowest BCUT2D eigenvalue weighted by Gasteiger charge is -2.32. The van der Waals surface area contributed by atoms with Gasteiger partial charge in [-0.05, 0) is 68.5 Å². The zero-order valence-electron chi connectivity index (χ0n) is 22.4. The molecule has 208 valence electrons. The predicted molar refractivity (Wildman–Crippen MR) is 150 cm³/mol. The van der Waals surface area contributed by atoms with Crippen LogP contribution in [0.4, 0.5) is 5.69 Å². The van der Waals surface area contributed by atoms with E-state index in [0.29, 0.717) is 23.8 Å². The summed E-state index contributed by atoms with van der Waals surface area (Å²) in [7, 11) is -3.30. The number of nitrogens with zero attached hydrogens (tertiary/aromatic N) is 3. The number of carbonyl (C=O) groups excluding carboxylic acids is 1. The minimum atomic E-state index is -3.30. The molecule has 0 bridgehead atoms. The number of nitrogens with one attached hydrogen (secondary N) is 2. The standard InChI is InChI=1S/C29H37N5O4S/c1-39(36,37)33-25-12-10-21(11-13-25)20-27-31-29(38-32-27)24-14-17-34(18-15-24)19-16-26(22-6-3-2-4-7-22)30-28(35)23-8-5-9-23/h2-4,6-7,10-13,23-24,26,33H,5,8-9,14-20H2,1H3,(H,30,35)/t26-/m0/s1. The van der Waals surface area contributed by atoms with Gasteiger partial charge in [-0.1, -0.05) is 54.0 Å². The number of hydrogen-bond acceptors (Lipinski definition) is 7. The van der Waals surface area contributed by atoms with Crippen molar-refractivity contribution in [2.45, 2.75) is 56.9 Å². The molecule has 2 N–H and O–H groups in total. The first kappa shape index (κ1) is 27.3. The van der Waals surface area contributed by atoms with Crippen molar-refractivity contribution < 1.29 is 17.7 Å². The molecule has 39 heavy (non-hydrogen) atoms. The first-order chi connectivity index (χ1) is 18.8. The van der Waals surface area contributed by atoms with Crippen molar-refractivity contribution >= 4 is 21.6 Å². The highest BCUT2D eigenvalue weighted by Crippen LogP contribution is 2.30. The Morgan fingerprint density at radius 1 is 1.05 bits per heavy atom. The quantitative estimate of drug-likeness (QED) is 0.366. The molecular weight excluding hydrogens is 514 g/mol. The van der Waals surface area contributed by atoms with E-state index in [1.807, 2.05) is 30.3 Å². The van der Waals surface area contributed by atoms with Gasteiger partial charge < -0.3 is 14.7 Å². The van der Waals surface area contributed by atoms with Crippen molar-refractivity contribution in [3.05, 3.63) is 77.4 Å². The molecular formula is C29H37N5O4S. The third-order valence-electron chi connectivity index (χ3n) is 7.77. The summed E-state index contributed by atoms with van der Waals surface area (Å²) in [6.45, 7) is 2.83. The zero-order chi connectivity index (χ0) is 27.2. The van der Waals surface area contributed by atoms with Gasteiger partial charge in [-0.3, -0.25) is 9.52 Å². The van der Waals surface area contributed by atoms with E-state index < -0.39 is 10.0 Å². The number of benzene rings is 2. The Kier molecular flexibility index (Phi) is 8.62. The molecule has 3 aromatic rings. The third kappa shape index (κ3) is 7.67. The molecule has 2 heterocycles. The van der Waals surface area contributed by atoms with Crippen molar-refractivity contribution in [1.82, 2.24) is 20.4 Å². The summed E-state index contributed by atoms with van der Waals surface area (Å²) in [6, 6.07) is 17.5. The van der Waals surface area contributed by atoms with E-state index in [-0.39, 0.29) is 23.8 Å². The minimum Gasteiger partial charge on any atom is -0.349 e. The number of hydrogen-bond donors (Lipinski definition) is 2. The van der Waals surface area contributed by atoms with Gasteiger partial charge in [0.1, 0.15) is 0 Å². The molecule has 10 heteroatoms. The molecule has 0 unspecified atom stereocenters. The van der Waals surface area contributed by atoms with Gasteiger partial charge >= 0.3 is 0 Å². The average molecular weight is 552 g/mol. The van der Waals surface area contributed by atoms with Crippen molar-refractivity contribution in [2.75, 3.05) is 30.6 Å². The summed E-state index contributed by atoms with van der Waals surface area (Å²) >= 11 is 0. The SMILES string of the molecule is CS(=O)(=O)Nc1ccc(Cc2noc(C3CCN(CC[C@H](NC(=O)C4CCC4)c4ccccc4)CC3)n2)cc1. The Morgan fingerprint density at radius 2 is 1.77 bits per heavy atom. The maximum atomic E-state index is 12.7. The van der Waals surface area contributed by atoms with Gasteiger partial charge in [0.25, 0.3) is 0 Å². The number of amides is 1. The molecule has 1 saturated carbocycles. The van der Waals surface area contributed by atoms with Crippen LogP contribution in [0.3, 0.4) is 0 Å². The monoisotopic (exact) mass is 551 g/mol. The first-order valence-electron chi connectivity index (χ1n) is 13.8. The van der Waals surface area contributed by atoms with Crippen LogP contribution >= 0.6 is 0 Å². The Hall–Kier alpha value is -3.24. The predicted octanol–water partition coefficient (Wildman–Crippen LogP) is 4.26. The molecule has 2 aromatic carbocycles. The molecule has 1 aliphatic heterocycles. The van der Waals surface area contributed by atoms with E-state index in [4.69, 9.17) is 4.52 Å². The fourth-order valence-electron chi connectivity index (χ4n) is 5.28. The van der Waals surface area contributed by atoms with Crippen LogP contribution in [0, 0.1) is 5.92 Å². The lowest BCUT2D eigenvalue weighted by molar-refractivity contribution is -0.128. The Morgan fingerprint density at radius 3 is 2.41 bits per heavy atom. The van der Waals surface area contributed by atoms with Crippen molar-refractivity contribution in [3.8, 4) is 0 Å². The number of carbonyl (C=O) groups is 1. The minimum absolute atomic E-state index is 0.0340. The Labute approximate surface area is 230 Å². The number of piperidine rings is 1. The smallest absolute Gasteiger partial charge is 0.229 e. The van der Waals surface area contributed by atoms with E-state index >= 15 is 0 Å². The van der Waals surface area contributed by atoms with Crippen LogP contribution < -0.4 is 10.0 Å². The van der Waals surface area contributed by atoms with E-state index in [1.165, 1.54) is 5.56 Å². The maximum absolute atomic E-state index is 12.7. The number of likely N-dealkylation sites (tertiary alicyclic amines) is 1. The van der Waals surface area contributed by atoms with Crippen LogP contribution in [-0.2, 0) is 21.2 Å². The summed E-state index contributed by atoms with van der Waals surface area (Å²) in [6.07, 6.45) is 7.62. The number of rotatable bonds is 11. The summed E-state index contributed by atoms with van der Waals surface area (Å²) < 4.78 is 30.9. The maximum Gasteiger partial charge on any atom is 0.229 e. The lowest BCUT2D eigenvalue weighted by Crippen LogP contribution is -2.39. The molecule has 9 nitrogen and oxygen atoms in total. The molecule has 2 aliphatic rings. The highest BCUT2D eigenvalue weighted by Gasteiger charge is 2.29. The topological polar surface area (TPSA) is 117 Å². The van der Waals surface area contributed by atoms with Gasteiger partial charge in [-0.15, -0.1) is 0 Å². The molecule has 1 aromatic heterocycles. The molecule has 1 aliphatic carbocycles. The highest BCUT2D eigenvalue weighted by molar-refractivity contribution is 7.92. The van der Waals surface area contributed by atoms with Crippen LogP contribution in [0.25, 0.3) is 0 Å². The van der Waals surface area contributed by atoms with Crippen LogP contribution in [0.5, 0.6) is 0 Å². The fraction of sp³-hybridized carbons (Fsp3) is 0.483. The number of anilines is 1. The average Bonchev–Trinajstić information content (AvgIpc) is 3.35. The normalized spacial score (nSPS) is 17.9. The second-order valence-electron chi connectivity index (χ2n) is 10.8. The molecule has 1 saturated heterocycles. The summed E-state index contributed by atoms with van der Waals surface area (Å²) in [5, 5.41) is 7.50. The van der Waals surface area contributed by atoms with E-state index in [9.17, 15) is 13.2 Å². The van der Waals surface area contributed by atoms with Crippen LogP contribution in [0.1, 0.15) is 73.3 Å². The van der Waals surface area contributed by atoms with Crippen LogP contribution in [0.2, 0.25) is 0 Å². The van der Waals surface area contributed by atoms with Crippen LogP contribution in [0.15, 0.2) is 59.1 Å². The van der Waals surface area contributed by atoms with Crippen molar-refractivity contribution in [1.29, 1.82) is 0 Å². The lowest BCUT2D eigenvalue weighted by atomic mass is 9.84. The van der Waals surface area contributed by atoms with Gasteiger partial charge in [0.05, 0.1) is 12.3 Å². The second kappa shape index (κ2) is 12.3. The molecule has 1 atom stereocenters. The second-order valence-corrected chi connectivity index (χ2v) is 12.5. The highest BCUT2D eigenvalue weighted by atomic mass is 32.2. The van der Waals surface area contributed by atoms with E-state index in [0.717, 1.165) is 70.0 Å². The molecule has 2 fully saturated rings. The fourth-order valence-corrected chi connectivity index (χ4v) is 5.84. The zero-order valence-corrected chi connectivity index (χ0v) is 23.2. The van der Waals surface area contributed by atoms with E-state index in [2.05, 4.69) is 37.2 Å². The van der Waals surface area contributed by atoms with Gasteiger partial charge in [0.2, 0.25) is 21.8 Å². The van der Waals surface area contributed by atoms with Crippen molar-refractivity contribution in [2.24, 2.45) is 5.92 Å². The van der Waals surface area contributed by atoms with Crippen molar-refractivity contribution in [3.63, 3.8) is 0 Å². The largest absolute Gasteiger partial charge is 0.349 e. The molecule has 5 rings (SSSR count). The van der Waals surface area contributed by atoms with Gasteiger partial charge in [-0.25, -0.2) is 8.42 Å². The Balaban J connectivity index is 1.10. The summed E-state index contributed by atoms with van der Waals surface area (Å²) in [5.41, 5.74) is 2.67. The summed E-state index contributed by atoms with van der Waals surface area (Å²) in [5.74, 6) is 1.94. The van der Waals surface area contributed by atoms with Crippen LogP contribution in [-0.4, -0.2) is 55.3 Å². The molecule has 0 radical (unpaired) electrons. The Bertz CT molecular complexity index is 1330. The van der Waals surface area contributed by atoms with Gasteiger partial charge in [-0.2, -0.15) is 4.98 Å². The first-order valence-corrected chi connectivity index (χ1v) is 15.7. The third-order valence-corrected chi connectivity index (χ3v) is 8.37.